The number of amides is 2. The number of allylic oxidation sites excluding steroid dienone is 1. The van der Waals surface area contributed by atoms with Crippen molar-refractivity contribution in [2.45, 2.75) is 43.6 Å². The number of benzene rings is 2. The predicted molar refractivity (Wildman–Crippen MR) is 132 cm³/mol. The van der Waals surface area contributed by atoms with Crippen LogP contribution in [0.5, 0.6) is 0 Å². The molecule has 2 aromatic rings. The summed E-state index contributed by atoms with van der Waals surface area (Å²) >= 11 is 15.1. The summed E-state index contributed by atoms with van der Waals surface area (Å²) in [5.74, 6) is -3.64. The molecule has 2 aromatic carbocycles. The van der Waals surface area contributed by atoms with Gasteiger partial charge in [0.2, 0.25) is 5.91 Å². The fraction of sp³-hybridized carbons (Fsp3) is 0.333. The molecule has 0 heterocycles. The Hall–Kier alpha value is -2.24. The van der Waals surface area contributed by atoms with Crippen LogP contribution in [0.1, 0.15) is 45.8 Å². The van der Waals surface area contributed by atoms with E-state index in [9.17, 15) is 35.9 Å². The standard InChI is InChI=1S/C24H19BrCl2F6N2O2/c1-12-8-14(10-18(26)19(12)27)16(24(31,32)33)5-3-13-2-4-15(17(25)9-13)20(36)35-22(6-7-22)21(37)34-11-23(28,29)30/h2-5,8-10,16H,6-7,11H2,1H3,(H,34,37)(H,35,36). The van der Waals surface area contributed by atoms with Crippen molar-refractivity contribution in [2.24, 2.45) is 0 Å². The van der Waals surface area contributed by atoms with Gasteiger partial charge >= 0.3 is 12.4 Å². The van der Waals surface area contributed by atoms with Crippen LogP contribution in [0.4, 0.5) is 26.3 Å². The first-order valence-corrected chi connectivity index (χ1v) is 12.2. The Labute approximate surface area is 226 Å². The highest BCUT2D eigenvalue weighted by atomic mass is 79.9. The van der Waals surface area contributed by atoms with Crippen LogP contribution < -0.4 is 10.6 Å². The van der Waals surface area contributed by atoms with E-state index >= 15 is 0 Å². The Kier molecular flexibility index (Phi) is 8.61. The molecule has 37 heavy (non-hydrogen) atoms. The van der Waals surface area contributed by atoms with Crippen LogP contribution in [0.25, 0.3) is 6.08 Å². The number of hydrogen-bond donors (Lipinski definition) is 2. The topological polar surface area (TPSA) is 58.2 Å². The Morgan fingerprint density at radius 2 is 1.76 bits per heavy atom. The zero-order valence-electron chi connectivity index (χ0n) is 19.0. The van der Waals surface area contributed by atoms with E-state index in [1.54, 1.807) is 12.2 Å². The number of hydrogen-bond acceptors (Lipinski definition) is 2. The molecule has 2 amide bonds. The van der Waals surface area contributed by atoms with Crippen LogP contribution >= 0.6 is 39.1 Å². The second-order valence-electron chi connectivity index (χ2n) is 8.59. The minimum Gasteiger partial charge on any atom is -0.345 e. The molecule has 0 aliphatic heterocycles. The van der Waals surface area contributed by atoms with Gasteiger partial charge in [-0.15, -0.1) is 0 Å². The van der Waals surface area contributed by atoms with Gasteiger partial charge in [-0.2, -0.15) is 26.3 Å². The SMILES string of the molecule is Cc1cc(C(C=Cc2ccc(C(=O)NC3(C(=O)NCC(F)(F)F)CC3)c(Br)c2)C(F)(F)F)cc(Cl)c1Cl. The first-order valence-electron chi connectivity index (χ1n) is 10.7. The molecular weight excluding hydrogens is 613 g/mol. The first-order chi connectivity index (χ1) is 17.0. The third-order valence-electron chi connectivity index (χ3n) is 5.65. The molecule has 0 saturated heterocycles. The van der Waals surface area contributed by atoms with Crippen LogP contribution in [-0.4, -0.2) is 36.3 Å². The summed E-state index contributed by atoms with van der Waals surface area (Å²) in [7, 11) is 0. The smallest absolute Gasteiger partial charge is 0.345 e. The second-order valence-corrected chi connectivity index (χ2v) is 10.2. The maximum atomic E-state index is 13.8. The van der Waals surface area contributed by atoms with Crippen molar-refractivity contribution < 1.29 is 35.9 Å². The summed E-state index contributed by atoms with van der Waals surface area (Å²) in [6, 6.07) is 6.59. The van der Waals surface area contributed by atoms with Crippen LogP contribution in [0.3, 0.4) is 0 Å². The molecule has 0 aromatic heterocycles. The number of rotatable bonds is 7. The van der Waals surface area contributed by atoms with Gasteiger partial charge in [0.25, 0.3) is 5.91 Å². The zero-order chi connectivity index (χ0) is 27.8. The monoisotopic (exact) mass is 630 g/mol. The van der Waals surface area contributed by atoms with E-state index < -0.39 is 42.2 Å². The van der Waals surface area contributed by atoms with Gasteiger partial charge in [-0.1, -0.05) is 47.5 Å². The average Bonchev–Trinajstić information content (AvgIpc) is 3.55. The lowest BCUT2D eigenvalue weighted by Gasteiger charge is -2.19. The van der Waals surface area contributed by atoms with Crippen molar-refractivity contribution >= 4 is 57.0 Å². The van der Waals surface area contributed by atoms with Crippen molar-refractivity contribution in [3.8, 4) is 0 Å². The van der Waals surface area contributed by atoms with E-state index in [2.05, 4.69) is 21.2 Å². The quantitative estimate of drug-likeness (QED) is 0.314. The van der Waals surface area contributed by atoms with Crippen molar-refractivity contribution in [3.05, 3.63) is 73.2 Å². The molecule has 13 heteroatoms. The predicted octanol–water partition coefficient (Wildman–Crippen LogP) is 7.36. The van der Waals surface area contributed by atoms with E-state index in [0.717, 1.165) is 12.1 Å². The van der Waals surface area contributed by atoms with Gasteiger partial charge in [-0.05, 0) is 70.6 Å². The fourth-order valence-electron chi connectivity index (χ4n) is 3.54. The lowest BCUT2D eigenvalue weighted by molar-refractivity contribution is -0.140. The maximum Gasteiger partial charge on any atom is 0.405 e. The van der Waals surface area contributed by atoms with Crippen LogP contribution in [-0.2, 0) is 4.79 Å². The molecule has 0 spiro atoms. The molecular formula is C24H19BrCl2F6N2O2. The number of alkyl halides is 6. The number of nitrogens with one attached hydrogen (secondary N) is 2. The fourth-order valence-corrected chi connectivity index (χ4v) is 4.50. The normalized spacial score (nSPS) is 15.9. The molecule has 1 saturated carbocycles. The Bertz CT molecular complexity index is 1220. The van der Waals surface area contributed by atoms with Gasteiger partial charge in [0.05, 0.1) is 21.5 Å². The van der Waals surface area contributed by atoms with E-state index in [1.165, 1.54) is 30.3 Å². The lowest BCUT2D eigenvalue weighted by atomic mass is 9.95. The highest BCUT2D eigenvalue weighted by Crippen LogP contribution is 2.40. The molecule has 1 atom stereocenters. The highest BCUT2D eigenvalue weighted by molar-refractivity contribution is 9.10. The molecule has 4 nitrogen and oxygen atoms in total. The van der Waals surface area contributed by atoms with Crippen molar-refractivity contribution in [1.82, 2.24) is 10.6 Å². The number of carbonyl (C=O) groups excluding carboxylic acids is 2. The minimum absolute atomic E-state index is 0.00190. The molecule has 1 aliphatic carbocycles. The molecule has 0 bridgehead atoms. The Morgan fingerprint density at radius 1 is 1.11 bits per heavy atom. The Morgan fingerprint density at radius 3 is 2.27 bits per heavy atom. The van der Waals surface area contributed by atoms with Gasteiger partial charge in [-0.25, -0.2) is 0 Å². The largest absolute Gasteiger partial charge is 0.405 e. The van der Waals surface area contributed by atoms with Crippen LogP contribution in [0.15, 0.2) is 40.9 Å². The van der Waals surface area contributed by atoms with Gasteiger partial charge in [0.15, 0.2) is 0 Å². The van der Waals surface area contributed by atoms with Gasteiger partial charge in [0.1, 0.15) is 12.1 Å². The third-order valence-corrected chi connectivity index (χ3v) is 7.20. The van der Waals surface area contributed by atoms with Crippen molar-refractivity contribution in [2.75, 3.05) is 6.54 Å². The van der Waals surface area contributed by atoms with Crippen LogP contribution in [0.2, 0.25) is 10.0 Å². The third kappa shape index (κ3) is 7.42. The number of aryl methyl sites for hydroxylation is 1. The van der Waals surface area contributed by atoms with E-state index in [1.807, 2.05) is 0 Å². The summed E-state index contributed by atoms with van der Waals surface area (Å²) in [6.45, 7) is 0.0242. The molecule has 1 unspecified atom stereocenters. The van der Waals surface area contributed by atoms with E-state index in [-0.39, 0.29) is 38.5 Å². The van der Waals surface area contributed by atoms with Gasteiger partial charge in [-0.3, -0.25) is 9.59 Å². The summed E-state index contributed by atoms with van der Waals surface area (Å²) in [5.41, 5.74) is -0.745. The molecule has 0 radical (unpaired) electrons. The summed E-state index contributed by atoms with van der Waals surface area (Å²) in [4.78, 5) is 24.8. The van der Waals surface area contributed by atoms with E-state index in [0.29, 0.717) is 11.1 Å². The van der Waals surface area contributed by atoms with Gasteiger partial charge in [0, 0.05) is 4.47 Å². The molecule has 1 aliphatic rings. The average molecular weight is 632 g/mol. The number of carbonyl (C=O) groups is 2. The molecule has 200 valence electrons. The second kappa shape index (κ2) is 10.9. The van der Waals surface area contributed by atoms with Crippen molar-refractivity contribution in [1.29, 1.82) is 0 Å². The molecule has 2 N–H and O–H groups in total. The summed E-state index contributed by atoms with van der Waals surface area (Å²) in [5, 5.41) is 4.37. The van der Waals surface area contributed by atoms with Gasteiger partial charge < -0.3 is 10.6 Å². The number of halogens is 9. The first kappa shape index (κ1) is 29.3. The maximum absolute atomic E-state index is 13.8. The zero-order valence-corrected chi connectivity index (χ0v) is 22.1. The van der Waals surface area contributed by atoms with Crippen molar-refractivity contribution in [3.63, 3.8) is 0 Å². The Balaban J connectivity index is 1.76. The molecule has 1 fully saturated rings. The van der Waals surface area contributed by atoms with E-state index in [4.69, 9.17) is 23.2 Å². The lowest BCUT2D eigenvalue weighted by Crippen LogP contribution is -2.50. The highest BCUT2D eigenvalue weighted by Gasteiger charge is 2.52. The molecule has 3 rings (SSSR count). The van der Waals surface area contributed by atoms with Crippen LogP contribution in [0, 0.1) is 6.92 Å². The minimum atomic E-state index is -4.62. The summed E-state index contributed by atoms with van der Waals surface area (Å²) in [6.07, 6.45) is -6.68. The summed E-state index contributed by atoms with van der Waals surface area (Å²) < 4.78 is 78.7.